The summed E-state index contributed by atoms with van der Waals surface area (Å²) in [5, 5.41) is 13.9. The Kier molecular flexibility index (Phi) is 6.18. The number of hydrogen-bond donors (Lipinski definition) is 1. The topological polar surface area (TPSA) is 59.9 Å². The molecule has 1 N–H and O–H groups in total. The number of carbonyl (C=O) groups is 1. The van der Waals surface area contributed by atoms with Crippen molar-refractivity contribution in [2.45, 2.75) is 32.8 Å². The highest BCUT2D eigenvalue weighted by Gasteiger charge is 2.28. The van der Waals surface area contributed by atoms with E-state index in [1.807, 2.05) is 35.5 Å². The minimum Gasteiger partial charge on any atom is -0.387 e. The molecule has 0 radical (unpaired) electrons. The summed E-state index contributed by atoms with van der Waals surface area (Å²) in [5.74, 6) is 0.256. The van der Waals surface area contributed by atoms with Crippen molar-refractivity contribution in [2.24, 2.45) is 5.92 Å². The molecule has 1 saturated heterocycles. The Morgan fingerprint density at radius 1 is 1.24 bits per heavy atom. The Morgan fingerprint density at radius 2 is 2.03 bits per heavy atom. The molecular weight excluding hydrogens is 384 g/mol. The molecule has 6 nitrogen and oxygen atoms in total. The van der Waals surface area contributed by atoms with Crippen molar-refractivity contribution in [3.63, 3.8) is 0 Å². The maximum absolute atomic E-state index is 12.6. The summed E-state index contributed by atoms with van der Waals surface area (Å²) in [5.41, 5.74) is 3.14. The third kappa shape index (κ3) is 4.32. The van der Waals surface area contributed by atoms with Crippen LogP contribution in [0.5, 0.6) is 0 Å². The van der Waals surface area contributed by atoms with Crippen LogP contribution in [0.4, 0.5) is 10.8 Å². The van der Waals surface area contributed by atoms with Gasteiger partial charge in [-0.1, -0.05) is 26.0 Å². The molecule has 1 amide bonds. The lowest BCUT2D eigenvalue weighted by molar-refractivity contribution is -0.121. The lowest BCUT2D eigenvalue weighted by Crippen LogP contribution is -2.47. The Hall–Kier alpha value is -1.96. The largest absolute Gasteiger partial charge is 0.387 e. The zero-order chi connectivity index (χ0) is 20.4. The van der Waals surface area contributed by atoms with Crippen molar-refractivity contribution in [1.29, 1.82) is 0 Å². The third-order valence-electron chi connectivity index (χ3n) is 6.18. The Bertz CT molecular complexity index is 833. The van der Waals surface area contributed by atoms with E-state index in [4.69, 9.17) is 0 Å². The number of carbonyl (C=O) groups excluding carboxylic acids is 1. The average Bonchev–Trinajstić information content (AvgIpc) is 3.42. The molecule has 4 rings (SSSR count). The van der Waals surface area contributed by atoms with Gasteiger partial charge in [0.2, 0.25) is 5.91 Å². The second kappa shape index (κ2) is 8.81. The Morgan fingerprint density at radius 3 is 2.72 bits per heavy atom. The number of aliphatic hydroxyl groups is 1. The van der Waals surface area contributed by atoms with Gasteiger partial charge in [-0.3, -0.25) is 9.69 Å². The standard InChI is InChI=1S/C22H30N4O2S/c1-3-16(2)21(28)26-8-6-17-14-18(4-5-19(17)26)20(27)15-24-9-11-25(12-10-24)22-23-7-13-29-22/h4-5,7,13-14,16,20,27H,3,6,8-12,15H2,1-2H3/t16-,20+/m1/s1. The van der Waals surface area contributed by atoms with Gasteiger partial charge in [0.1, 0.15) is 0 Å². The monoisotopic (exact) mass is 414 g/mol. The highest BCUT2D eigenvalue weighted by atomic mass is 32.1. The number of β-amino-alcohol motifs (C(OH)–C–C–N with tert-alkyl or cyclic N) is 1. The fourth-order valence-corrected chi connectivity index (χ4v) is 4.84. The van der Waals surface area contributed by atoms with E-state index in [1.165, 1.54) is 5.56 Å². The van der Waals surface area contributed by atoms with Gasteiger partial charge < -0.3 is 14.9 Å². The smallest absolute Gasteiger partial charge is 0.229 e. The number of amides is 1. The number of benzene rings is 1. The van der Waals surface area contributed by atoms with Gasteiger partial charge in [-0.25, -0.2) is 4.98 Å². The van der Waals surface area contributed by atoms with Crippen LogP contribution in [0, 0.1) is 5.92 Å². The van der Waals surface area contributed by atoms with E-state index >= 15 is 0 Å². The second-order valence-electron chi connectivity index (χ2n) is 8.06. The summed E-state index contributed by atoms with van der Waals surface area (Å²) in [7, 11) is 0. The van der Waals surface area contributed by atoms with Crippen molar-refractivity contribution in [1.82, 2.24) is 9.88 Å². The van der Waals surface area contributed by atoms with E-state index in [9.17, 15) is 9.90 Å². The first kappa shape index (κ1) is 20.3. The first-order chi connectivity index (χ1) is 14.1. The van der Waals surface area contributed by atoms with E-state index in [0.717, 1.165) is 61.9 Å². The first-order valence-electron chi connectivity index (χ1n) is 10.6. The molecule has 1 fully saturated rings. The number of anilines is 2. The van der Waals surface area contributed by atoms with Gasteiger partial charge in [0, 0.05) is 62.5 Å². The van der Waals surface area contributed by atoms with Gasteiger partial charge in [0.25, 0.3) is 0 Å². The van der Waals surface area contributed by atoms with E-state index in [1.54, 1.807) is 11.3 Å². The number of aliphatic hydroxyl groups excluding tert-OH is 1. The van der Waals surface area contributed by atoms with Crippen LogP contribution in [-0.4, -0.2) is 60.2 Å². The molecule has 7 heteroatoms. The number of nitrogens with zero attached hydrogens (tertiary/aromatic N) is 4. The first-order valence-corrected chi connectivity index (χ1v) is 11.4. The zero-order valence-corrected chi connectivity index (χ0v) is 18.1. The van der Waals surface area contributed by atoms with Crippen molar-refractivity contribution in [3.8, 4) is 0 Å². The highest BCUT2D eigenvalue weighted by Crippen LogP contribution is 2.32. The number of thiazole rings is 1. The molecule has 3 heterocycles. The molecule has 29 heavy (non-hydrogen) atoms. The highest BCUT2D eigenvalue weighted by molar-refractivity contribution is 7.13. The molecule has 2 aliphatic heterocycles. The zero-order valence-electron chi connectivity index (χ0n) is 17.3. The quantitative estimate of drug-likeness (QED) is 0.788. The van der Waals surface area contributed by atoms with E-state index in [0.29, 0.717) is 6.54 Å². The number of fused-ring (bicyclic) bond motifs is 1. The van der Waals surface area contributed by atoms with E-state index in [2.05, 4.69) is 27.8 Å². The van der Waals surface area contributed by atoms with Crippen molar-refractivity contribution < 1.29 is 9.90 Å². The predicted molar refractivity (Wildman–Crippen MR) is 118 cm³/mol. The molecule has 0 spiro atoms. The molecule has 0 unspecified atom stereocenters. The molecule has 0 bridgehead atoms. The van der Waals surface area contributed by atoms with E-state index < -0.39 is 6.10 Å². The van der Waals surface area contributed by atoms with Gasteiger partial charge in [0.05, 0.1) is 6.10 Å². The maximum Gasteiger partial charge on any atom is 0.229 e. The molecule has 0 aliphatic carbocycles. The summed E-state index contributed by atoms with van der Waals surface area (Å²) in [4.78, 5) is 23.5. The molecule has 156 valence electrons. The normalized spacial score (nSPS) is 19.3. The van der Waals surface area contributed by atoms with E-state index in [-0.39, 0.29) is 11.8 Å². The van der Waals surface area contributed by atoms with Gasteiger partial charge >= 0.3 is 0 Å². The number of piperazine rings is 1. The lowest BCUT2D eigenvalue weighted by atomic mass is 10.0. The minimum absolute atomic E-state index is 0.0502. The maximum atomic E-state index is 12.6. The van der Waals surface area contributed by atoms with Crippen LogP contribution >= 0.6 is 11.3 Å². The SMILES string of the molecule is CC[C@@H](C)C(=O)N1CCc2cc([C@@H](O)CN3CCN(c4nccs4)CC3)ccc21. The molecule has 2 aliphatic rings. The summed E-state index contributed by atoms with van der Waals surface area (Å²) in [6.45, 7) is 9.17. The number of aromatic nitrogens is 1. The molecule has 0 saturated carbocycles. The van der Waals surface area contributed by atoms with Crippen LogP contribution in [-0.2, 0) is 11.2 Å². The van der Waals surface area contributed by atoms with Gasteiger partial charge in [0.15, 0.2) is 5.13 Å². The van der Waals surface area contributed by atoms with Gasteiger partial charge in [-0.05, 0) is 30.0 Å². The summed E-state index contributed by atoms with van der Waals surface area (Å²) < 4.78 is 0. The molecule has 1 aromatic heterocycles. The fraction of sp³-hybridized carbons (Fsp3) is 0.545. The average molecular weight is 415 g/mol. The second-order valence-corrected chi connectivity index (χ2v) is 8.93. The van der Waals surface area contributed by atoms with Crippen molar-refractivity contribution >= 4 is 28.1 Å². The predicted octanol–water partition coefficient (Wildman–Crippen LogP) is 2.93. The molecule has 2 atom stereocenters. The van der Waals surface area contributed by atoms with Crippen LogP contribution in [0.3, 0.4) is 0 Å². The summed E-state index contributed by atoms with van der Waals surface area (Å²) in [6, 6.07) is 6.09. The molecule has 2 aromatic rings. The Balaban J connectivity index is 1.35. The molecule has 1 aromatic carbocycles. The minimum atomic E-state index is -0.508. The van der Waals surface area contributed by atoms with Gasteiger partial charge in [-0.15, -0.1) is 11.3 Å². The number of rotatable bonds is 6. The third-order valence-corrected chi connectivity index (χ3v) is 7.01. The van der Waals surface area contributed by atoms with Crippen molar-refractivity contribution in [2.75, 3.05) is 49.1 Å². The van der Waals surface area contributed by atoms with Crippen LogP contribution in [0.25, 0.3) is 0 Å². The lowest BCUT2D eigenvalue weighted by Gasteiger charge is -2.35. The van der Waals surface area contributed by atoms with Crippen molar-refractivity contribution in [3.05, 3.63) is 40.9 Å². The summed E-state index contributed by atoms with van der Waals surface area (Å²) >= 11 is 1.68. The van der Waals surface area contributed by atoms with Crippen LogP contribution in [0.1, 0.15) is 37.5 Å². The van der Waals surface area contributed by atoms with Crippen LogP contribution < -0.4 is 9.80 Å². The molecular formula is C22H30N4O2S. The van der Waals surface area contributed by atoms with Crippen LogP contribution in [0.15, 0.2) is 29.8 Å². The van der Waals surface area contributed by atoms with Gasteiger partial charge in [-0.2, -0.15) is 0 Å². The van der Waals surface area contributed by atoms with Crippen LogP contribution in [0.2, 0.25) is 0 Å². The fourth-order valence-electron chi connectivity index (χ4n) is 4.14. The Labute approximate surface area is 176 Å². The summed E-state index contributed by atoms with van der Waals surface area (Å²) in [6.07, 6.45) is 3.06. The number of hydrogen-bond acceptors (Lipinski definition) is 6.